The third-order valence-corrected chi connectivity index (χ3v) is 3.68. The quantitative estimate of drug-likeness (QED) is 0.705. The Balaban J connectivity index is 1.94. The lowest BCUT2D eigenvalue weighted by Gasteiger charge is -2.09. The van der Waals surface area contributed by atoms with E-state index < -0.39 is 0 Å². The van der Waals surface area contributed by atoms with Gasteiger partial charge in [-0.3, -0.25) is 0 Å². The molecule has 0 aromatic heterocycles. The van der Waals surface area contributed by atoms with Gasteiger partial charge in [-0.05, 0) is 31.4 Å². The van der Waals surface area contributed by atoms with E-state index in [0.717, 1.165) is 11.7 Å². The summed E-state index contributed by atoms with van der Waals surface area (Å²) in [6.07, 6.45) is 5.85. The Morgan fingerprint density at radius 3 is 2.64 bits per heavy atom. The van der Waals surface area contributed by atoms with Crippen LogP contribution in [0.3, 0.4) is 0 Å². The minimum absolute atomic E-state index is 0.376. The molecular formula is C9H19NS. The fourth-order valence-corrected chi connectivity index (χ4v) is 2.77. The first kappa shape index (κ1) is 9.40. The van der Waals surface area contributed by atoms with Gasteiger partial charge < -0.3 is 5.73 Å². The molecule has 1 saturated carbocycles. The van der Waals surface area contributed by atoms with Crippen molar-refractivity contribution in [2.24, 2.45) is 11.7 Å². The van der Waals surface area contributed by atoms with E-state index in [1.807, 2.05) is 11.8 Å². The van der Waals surface area contributed by atoms with Crippen LogP contribution < -0.4 is 5.73 Å². The minimum atomic E-state index is 0.376. The third kappa shape index (κ3) is 4.02. The van der Waals surface area contributed by atoms with Crippen molar-refractivity contribution in [1.29, 1.82) is 0 Å². The van der Waals surface area contributed by atoms with Gasteiger partial charge in [0.05, 0.1) is 0 Å². The number of rotatable bonds is 4. The molecule has 0 unspecified atom stereocenters. The molecule has 0 aromatic carbocycles. The molecule has 1 atom stereocenters. The second kappa shape index (κ2) is 5.04. The lowest BCUT2D eigenvalue weighted by atomic mass is 10.1. The van der Waals surface area contributed by atoms with E-state index in [0.29, 0.717) is 6.04 Å². The standard InChI is InChI=1S/C9H19NS/c1-8(10)6-11-7-9-4-2-3-5-9/h8-9H,2-7,10H2,1H3/t8-/m0/s1. The molecule has 0 saturated heterocycles. The predicted molar refractivity (Wildman–Crippen MR) is 52.9 cm³/mol. The molecule has 11 heavy (non-hydrogen) atoms. The Labute approximate surface area is 74.1 Å². The van der Waals surface area contributed by atoms with Crippen molar-refractivity contribution < 1.29 is 0 Å². The van der Waals surface area contributed by atoms with Gasteiger partial charge in [0.25, 0.3) is 0 Å². The fourth-order valence-electron chi connectivity index (χ4n) is 1.60. The number of nitrogens with two attached hydrogens (primary N) is 1. The number of thioether (sulfide) groups is 1. The first-order chi connectivity index (χ1) is 5.29. The summed E-state index contributed by atoms with van der Waals surface area (Å²) in [6, 6.07) is 0.376. The molecule has 1 aliphatic rings. The summed E-state index contributed by atoms with van der Waals surface area (Å²) < 4.78 is 0. The van der Waals surface area contributed by atoms with Crippen LogP contribution in [0, 0.1) is 5.92 Å². The molecule has 1 nitrogen and oxygen atoms in total. The first-order valence-electron chi connectivity index (χ1n) is 4.62. The van der Waals surface area contributed by atoms with Gasteiger partial charge in [-0.2, -0.15) is 11.8 Å². The molecule has 0 aliphatic heterocycles. The average Bonchev–Trinajstić information content (AvgIpc) is 2.39. The van der Waals surface area contributed by atoms with Crippen molar-refractivity contribution >= 4 is 11.8 Å². The van der Waals surface area contributed by atoms with Crippen molar-refractivity contribution in [3.8, 4) is 0 Å². The van der Waals surface area contributed by atoms with E-state index in [1.54, 1.807) is 0 Å². The van der Waals surface area contributed by atoms with Crippen LogP contribution in [-0.4, -0.2) is 17.5 Å². The Kier molecular flexibility index (Phi) is 4.31. The second-order valence-electron chi connectivity index (χ2n) is 3.67. The zero-order valence-electron chi connectivity index (χ0n) is 7.38. The normalized spacial score (nSPS) is 22.4. The molecule has 0 spiro atoms. The van der Waals surface area contributed by atoms with Gasteiger partial charge >= 0.3 is 0 Å². The molecular weight excluding hydrogens is 154 g/mol. The van der Waals surface area contributed by atoms with Gasteiger partial charge in [0.1, 0.15) is 0 Å². The van der Waals surface area contributed by atoms with Crippen molar-refractivity contribution in [2.45, 2.75) is 38.6 Å². The summed E-state index contributed by atoms with van der Waals surface area (Å²) >= 11 is 2.03. The second-order valence-corrected chi connectivity index (χ2v) is 4.74. The molecule has 1 aliphatic carbocycles. The molecule has 1 fully saturated rings. The molecule has 0 radical (unpaired) electrons. The SMILES string of the molecule is C[C@H](N)CSCC1CCCC1. The maximum atomic E-state index is 5.66. The van der Waals surface area contributed by atoms with E-state index in [4.69, 9.17) is 5.73 Å². The lowest BCUT2D eigenvalue weighted by Crippen LogP contribution is -2.18. The van der Waals surface area contributed by atoms with Crippen LogP contribution in [0.4, 0.5) is 0 Å². The highest BCUT2D eigenvalue weighted by molar-refractivity contribution is 7.99. The van der Waals surface area contributed by atoms with Crippen LogP contribution in [0.2, 0.25) is 0 Å². The zero-order chi connectivity index (χ0) is 8.10. The van der Waals surface area contributed by atoms with Crippen molar-refractivity contribution in [3.63, 3.8) is 0 Å². The van der Waals surface area contributed by atoms with E-state index in [9.17, 15) is 0 Å². The van der Waals surface area contributed by atoms with E-state index >= 15 is 0 Å². The Hall–Kier alpha value is 0.310. The summed E-state index contributed by atoms with van der Waals surface area (Å²) in [5, 5.41) is 0. The lowest BCUT2D eigenvalue weighted by molar-refractivity contribution is 0.622. The molecule has 2 N–H and O–H groups in total. The third-order valence-electron chi connectivity index (χ3n) is 2.21. The molecule has 0 aromatic rings. The van der Waals surface area contributed by atoms with Gasteiger partial charge in [0, 0.05) is 11.8 Å². The summed E-state index contributed by atoms with van der Waals surface area (Å²) in [5.41, 5.74) is 5.66. The van der Waals surface area contributed by atoms with Crippen LogP contribution in [0.5, 0.6) is 0 Å². The van der Waals surface area contributed by atoms with Crippen LogP contribution in [0.25, 0.3) is 0 Å². The highest BCUT2D eigenvalue weighted by Gasteiger charge is 2.14. The van der Waals surface area contributed by atoms with Gasteiger partial charge in [-0.25, -0.2) is 0 Å². The molecule has 2 heteroatoms. The van der Waals surface area contributed by atoms with E-state index in [1.165, 1.54) is 31.4 Å². The summed E-state index contributed by atoms with van der Waals surface area (Å²) in [5.74, 6) is 3.50. The van der Waals surface area contributed by atoms with Crippen LogP contribution in [0.1, 0.15) is 32.6 Å². The highest BCUT2D eigenvalue weighted by atomic mass is 32.2. The van der Waals surface area contributed by atoms with Crippen LogP contribution >= 0.6 is 11.8 Å². The zero-order valence-corrected chi connectivity index (χ0v) is 8.20. The Bertz CT molecular complexity index is 97.7. The molecule has 66 valence electrons. The van der Waals surface area contributed by atoms with Gasteiger partial charge in [-0.1, -0.05) is 12.8 Å². The highest BCUT2D eigenvalue weighted by Crippen LogP contribution is 2.27. The smallest absolute Gasteiger partial charge is 0.0101 e. The van der Waals surface area contributed by atoms with Crippen molar-refractivity contribution in [1.82, 2.24) is 0 Å². The van der Waals surface area contributed by atoms with Gasteiger partial charge in [0.15, 0.2) is 0 Å². The number of hydrogen-bond acceptors (Lipinski definition) is 2. The maximum absolute atomic E-state index is 5.66. The Morgan fingerprint density at radius 1 is 1.45 bits per heavy atom. The maximum Gasteiger partial charge on any atom is 0.0101 e. The summed E-state index contributed by atoms with van der Waals surface area (Å²) in [6.45, 7) is 2.08. The first-order valence-corrected chi connectivity index (χ1v) is 5.78. The number of hydrogen-bond donors (Lipinski definition) is 1. The van der Waals surface area contributed by atoms with E-state index in [2.05, 4.69) is 6.92 Å². The molecule has 0 bridgehead atoms. The van der Waals surface area contributed by atoms with Crippen LogP contribution in [0.15, 0.2) is 0 Å². The molecule has 0 heterocycles. The van der Waals surface area contributed by atoms with Gasteiger partial charge in [0.2, 0.25) is 0 Å². The van der Waals surface area contributed by atoms with Crippen molar-refractivity contribution in [2.75, 3.05) is 11.5 Å². The van der Waals surface area contributed by atoms with Gasteiger partial charge in [-0.15, -0.1) is 0 Å². The largest absolute Gasteiger partial charge is 0.327 e. The molecule has 1 rings (SSSR count). The fraction of sp³-hybridized carbons (Fsp3) is 1.00. The van der Waals surface area contributed by atoms with Crippen molar-refractivity contribution in [3.05, 3.63) is 0 Å². The topological polar surface area (TPSA) is 26.0 Å². The predicted octanol–water partition coefficient (Wildman–Crippen LogP) is 2.26. The van der Waals surface area contributed by atoms with E-state index in [-0.39, 0.29) is 0 Å². The minimum Gasteiger partial charge on any atom is -0.327 e. The molecule has 0 amide bonds. The van der Waals surface area contributed by atoms with Crippen LogP contribution in [-0.2, 0) is 0 Å². The monoisotopic (exact) mass is 173 g/mol. The Morgan fingerprint density at radius 2 is 2.09 bits per heavy atom. The average molecular weight is 173 g/mol. The summed E-state index contributed by atoms with van der Waals surface area (Å²) in [4.78, 5) is 0. The summed E-state index contributed by atoms with van der Waals surface area (Å²) in [7, 11) is 0.